The maximum atomic E-state index is 13.0. The average molecular weight is 1320 g/mol. The van der Waals surface area contributed by atoms with Crippen molar-refractivity contribution in [2.24, 2.45) is 0 Å². The lowest BCUT2D eigenvalue weighted by atomic mass is 9.99. The molecule has 548 valence electrons. The van der Waals surface area contributed by atoms with E-state index in [0.29, 0.717) is 19.4 Å². The molecule has 1 rings (SSSR count). The van der Waals surface area contributed by atoms with E-state index < -0.39 is 49.5 Å². The van der Waals surface area contributed by atoms with E-state index in [-0.39, 0.29) is 18.5 Å². The van der Waals surface area contributed by atoms with Crippen LogP contribution in [0.15, 0.2) is 36.5 Å². The van der Waals surface area contributed by atoms with Gasteiger partial charge in [0.25, 0.3) is 0 Å². The maximum absolute atomic E-state index is 13.0. The Kier molecular flexibility index (Phi) is 68.0. The van der Waals surface area contributed by atoms with E-state index >= 15 is 0 Å². The molecule has 0 aliphatic carbocycles. The Labute approximate surface area is 574 Å². The van der Waals surface area contributed by atoms with Crippen molar-refractivity contribution < 1.29 is 49.3 Å². The van der Waals surface area contributed by atoms with Gasteiger partial charge in [-0.05, 0) is 64.2 Å². The SMILES string of the molecule is CCCCCC/C=C\C/C=C\CCCCCCCC(=O)OCCCCCCCCCCCCCCCCCCCCCCCCCCCCCCCCCCCCCCCCCC(=O)NC(COC1OC(CO)C(O)C(O)C1O)C(O)/C=C/CCCCCCCCCC. The predicted molar refractivity (Wildman–Crippen MR) is 394 cm³/mol. The molecule has 1 aliphatic heterocycles. The minimum atomic E-state index is -1.57. The van der Waals surface area contributed by atoms with Crippen LogP contribution in [0.4, 0.5) is 0 Å². The van der Waals surface area contributed by atoms with Gasteiger partial charge in [0.15, 0.2) is 6.29 Å². The summed E-state index contributed by atoms with van der Waals surface area (Å²) in [6.07, 6.45) is 83.5. The molecule has 11 nitrogen and oxygen atoms in total. The molecule has 0 aromatic carbocycles. The summed E-state index contributed by atoms with van der Waals surface area (Å²) >= 11 is 0. The Balaban J connectivity index is 1.84. The van der Waals surface area contributed by atoms with Crippen LogP contribution in [0.2, 0.25) is 0 Å². The first-order valence-electron chi connectivity index (χ1n) is 40.8. The van der Waals surface area contributed by atoms with E-state index in [1.807, 2.05) is 6.08 Å². The van der Waals surface area contributed by atoms with Crippen LogP contribution in [0.1, 0.15) is 412 Å². The van der Waals surface area contributed by atoms with Gasteiger partial charge in [-0.3, -0.25) is 9.59 Å². The Morgan fingerprint density at radius 3 is 1.10 bits per heavy atom. The molecule has 0 saturated carbocycles. The minimum absolute atomic E-state index is 0.00537. The lowest BCUT2D eigenvalue weighted by Gasteiger charge is -2.40. The number of carbonyl (C=O) groups is 2. The third-order valence-corrected chi connectivity index (χ3v) is 19.5. The molecule has 11 heteroatoms. The maximum Gasteiger partial charge on any atom is 0.305 e. The van der Waals surface area contributed by atoms with Gasteiger partial charge in [-0.2, -0.15) is 0 Å². The Hall–Kier alpha value is -2.12. The summed E-state index contributed by atoms with van der Waals surface area (Å²) in [5, 5.41) is 54.4. The van der Waals surface area contributed by atoms with E-state index in [2.05, 4.69) is 43.5 Å². The number of amides is 1. The number of ether oxygens (including phenoxy) is 3. The fraction of sp³-hybridized carbons (Fsp3) is 0.902. The topological polar surface area (TPSA) is 175 Å². The predicted octanol–water partition coefficient (Wildman–Crippen LogP) is 22.1. The minimum Gasteiger partial charge on any atom is -0.466 e. The zero-order valence-corrected chi connectivity index (χ0v) is 61.2. The van der Waals surface area contributed by atoms with Crippen LogP contribution in [-0.4, -0.2) is 100 Å². The number of aliphatic hydroxyl groups excluding tert-OH is 5. The molecule has 1 heterocycles. The monoisotopic (exact) mass is 1310 g/mol. The molecular formula is C82H155NO10. The van der Waals surface area contributed by atoms with Crippen LogP contribution in [-0.2, 0) is 23.8 Å². The second-order valence-corrected chi connectivity index (χ2v) is 28.5. The van der Waals surface area contributed by atoms with E-state index in [9.17, 15) is 35.1 Å². The van der Waals surface area contributed by atoms with Crippen LogP contribution in [0.25, 0.3) is 0 Å². The van der Waals surface area contributed by atoms with Crippen molar-refractivity contribution >= 4 is 11.9 Å². The summed E-state index contributed by atoms with van der Waals surface area (Å²) < 4.78 is 16.8. The lowest BCUT2D eigenvalue weighted by molar-refractivity contribution is -0.302. The largest absolute Gasteiger partial charge is 0.466 e. The average Bonchev–Trinajstić information content (AvgIpc) is 0.927. The molecule has 7 unspecified atom stereocenters. The first-order chi connectivity index (χ1) is 45.7. The van der Waals surface area contributed by atoms with Crippen molar-refractivity contribution in [1.29, 1.82) is 0 Å². The fourth-order valence-electron chi connectivity index (χ4n) is 13.1. The highest BCUT2D eigenvalue weighted by Gasteiger charge is 2.44. The van der Waals surface area contributed by atoms with Gasteiger partial charge < -0.3 is 45.1 Å². The highest BCUT2D eigenvalue weighted by atomic mass is 16.7. The highest BCUT2D eigenvalue weighted by molar-refractivity contribution is 5.76. The van der Waals surface area contributed by atoms with Gasteiger partial charge in [0.05, 0.1) is 32.0 Å². The molecule has 93 heavy (non-hydrogen) atoms. The molecule has 1 amide bonds. The van der Waals surface area contributed by atoms with Gasteiger partial charge in [0.2, 0.25) is 5.91 Å². The zero-order chi connectivity index (χ0) is 67.2. The molecule has 0 radical (unpaired) electrons. The van der Waals surface area contributed by atoms with Crippen molar-refractivity contribution in [2.45, 2.75) is 455 Å². The molecule has 0 aromatic rings. The molecule has 7 atom stereocenters. The number of hydrogen-bond acceptors (Lipinski definition) is 10. The summed E-state index contributed by atoms with van der Waals surface area (Å²) in [6.45, 7) is 4.35. The first kappa shape index (κ1) is 88.9. The standard InChI is InChI=1S/C82H155NO10/c1-3-5-7-9-11-13-15-16-17-44-47-50-54-58-62-66-70-78(87)91-71-67-63-59-55-51-48-45-42-40-38-36-34-32-30-28-26-24-22-20-18-19-21-23-25-27-29-31-33-35-37-39-41-43-46-49-53-57-61-65-69-77(86)83-74(73-92-82-81(90)80(89)79(88)76(72-84)93-82)75(85)68-64-60-56-52-14-12-10-8-6-4-2/h13,15,17,44,64,68,74-76,79-82,84-85,88-90H,3-12,14,16,18-43,45-63,65-67,69-73H2,1-2H3,(H,83,86)/b15-13-,44-17-,68-64+. The molecule has 0 spiro atoms. The lowest BCUT2D eigenvalue weighted by Crippen LogP contribution is -2.60. The molecule has 1 fully saturated rings. The molecule has 1 aliphatic rings. The second-order valence-electron chi connectivity index (χ2n) is 28.5. The molecular weight excluding hydrogens is 1160 g/mol. The van der Waals surface area contributed by atoms with Gasteiger partial charge >= 0.3 is 5.97 Å². The quantitative estimate of drug-likeness (QED) is 0.0195. The molecule has 6 N–H and O–H groups in total. The summed E-state index contributed by atoms with van der Waals surface area (Å²) in [5.41, 5.74) is 0. The van der Waals surface area contributed by atoms with Crippen molar-refractivity contribution in [2.75, 3.05) is 19.8 Å². The van der Waals surface area contributed by atoms with E-state index in [0.717, 1.165) is 64.2 Å². The van der Waals surface area contributed by atoms with Crippen molar-refractivity contribution in [3.05, 3.63) is 36.5 Å². The number of hydrogen-bond donors (Lipinski definition) is 6. The van der Waals surface area contributed by atoms with Crippen molar-refractivity contribution in [1.82, 2.24) is 5.32 Å². The first-order valence-corrected chi connectivity index (χ1v) is 40.8. The Morgan fingerprint density at radius 2 is 0.720 bits per heavy atom. The highest BCUT2D eigenvalue weighted by Crippen LogP contribution is 2.24. The third kappa shape index (κ3) is 59.6. The molecule has 0 bridgehead atoms. The number of carbonyl (C=O) groups excluding carboxylic acids is 2. The normalized spacial score (nSPS) is 17.6. The summed E-state index contributed by atoms with van der Waals surface area (Å²) in [6, 6.07) is -0.804. The van der Waals surface area contributed by atoms with Crippen LogP contribution in [0.5, 0.6) is 0 Å². The van der Waals surface area contributed by atoms with Gasteiger partial charge in [-0.25, -0.2) is 0 Å². The Morgan fingerprint density at radius 1 is 0.398 bits per heavy atom. The van der Waals surface area contributed by atoms with Gasteiger partial charge in [-0.15, -0.1) is 0 Å². The van der Waals surface area contributed by atoms with Crippen LogP contribution in [0.3, 0.4) is 0 Å². The third-order valence-electron chi connectivity index (χ3n) is 19.5. The zero-order valence-electron chi connectivity index (χ0n) is 61.2. The van der Waals surface area contributed by atoms with Crippen LogP contribution >= 0.6 is 0 Å². The summed E-state index contributed by atoms with van der Waals surface area (Å²) in [5.74, 6) is -0.169. The number of allylic oxidation sites excluding steroid dienone is 5. The second kappa shape index (κ2) is 71.2. The van der Waals surface area contributed by atoms with Crippen LogP contribution in [0, 0.1) is 0 Å². The Bertz CT molecular complexity index is 1640. The molecule has 0 aromatic heterocycles. The van der Waals surface area contributed by atoms with Gasteiger partial charge in [0, 0.05) is 12.8 Å². The van der Waals surface area contributed by atoms with Crippen LogP contribution < -0.4 is 5.32 Å². The number of unbranched alkanes of at least 4 members (excludes halogenated alkanes) is 55. The number of esters is 1. The van der Waals surface area contributed by atoms with E-state index in [1.165, 1.54) is 321 Å². The summed E-state index contributed by atoms with van der Waals surface area (Å²) in [4.78, 5) is 25.1. The van der Waals surface area contributed by atoms with Gasteiger partial charge in [0.1, 0.15) is 24.4 Å². The summed E-state index contributed by atoms with van der Waals surface area (Å²) in [7, 11) is 0. The number of rotatable bonds is 73. The van der Waals surface area contributed by atoms with Crippen molar-refractivity contribution in [3.63, 3.8) is 0 Å². The molecule has 1 saturated heterocycles. The number of aliphatic hydroxyl groups is 5. The number of nitrogens with one attached hydrogen (secondary N) is 1. The van der Waals surface area contributed by atoms with Crippen molar-refractivity contribution in [3.8, 4) is 0 Å². The smallest absolute Gasteiger partial charge is 0.305 e. The van der Waals surface area contributed by atoms with Gasteiger partial charge in [-0.1, -0.05) is 371 Å². The fourth-order valence-corrected chi connectivity index (χ4v) is 13.1. The van der Waals surface area contributed by atoms with E-state index in [4.69, 9.17) is 14.2 Å². The van der Waals surface area contributed by atoms with E-state index in [1.54, 1.807) is 6.08 Å².